The summed E-state index contributed by atoms with van der Waals surface area (Å²) in [6, 6.07) is 21.5. The van der Waals surface area contributed by atoms with E-state index in [4.69, 9.17) is 15.6 Å². The number of benzene rings is 2. The number of nitriles is 1. The molecule has 0 saturated heterocycles. The van der Waals surface area contributed by atoms with Crippen LogP contribution in [0, 0.1) is 11.3 Å². The molecule has 5 nitrogen and oxygen atoms in total. The van der Waals surface area contributed by atoms with Crippen LogP contribution in [0.3, 0.4) is 0 Å². The number of aromatic nitrogens is 1. The van der Waals surface area contributed by atoms with Crippen LogP contribution in [0.4, 0.5) is 5.69 Å². The second-order valence-corrected chi connectivity index (χ2v) is 5.52. The third-order valence-electron chi connectivity index (χ3n) is 3.96. The summed E-state index contributed by atoms with van der Waals surface area (Å²) >= 11 is 0. The first-order valence-electron chi connectivity index (χ1n) is 7.99. The van der Waals surface area contributed by atoms with Crippen LogP contribution in [0.15, 0.2) is 60.7 Å². The zero-order valence-electron chi connectivity index (χ0n) is 13.7. The largest absolute Gasteiger partial charge is 0.396 e. The number of nitrogens with zero attached hydrogens (tertiary/aromatic N) is 2. The van der Waals surface area contributed by atoms with Gasteiger partial charge in [-0.25, -0.2) is 0 Å². The first-order chi connectivity index (χ1) is 12.3. The summed E-state index contributed by atoms with van der Waals surface area (Å²) in [5, 5.41) is 18.7. The second kappa shape index (κ2) is 7.67. The zero-order chi connectivity index (χ0) is 17.6. The van der Waals surface area contributed by atoms with Crippen LogP contribution in [0.5, 0.6) is 0 Å². The lowest BCUT2D eigenvalue weighted by Gasteiger charge is -2.14. The summed E-state index contributed by atoms with van der Waals surface area (Å²) in [4.78, 5) is 0. The fourth-order valence-corrected chi connectivity index (χ4v) is 2.90. The maximum Gasteiger partial charge on any atom is 0.123 e. The Balaban J connectivity index is 2.24. The van der Waals surface area contributed by atoms with Crippen molar-refractivity contribution in [1.82, 2.24) is 4.57 Å². The van der Waals surface area contributed by atoms with Gasteiger partial charge < -0.3 is 20.1 Å². The zero-order valence-corrected chi connectivity index (χ0v) is 13.7. The summed E-state index contributed by atoms with van der Waals surface area (Å²) in [6.45, 7) is 0.340. The molecule has 2 aromatic carbocycles. The van der Waals surface area contributed by atoms with Gasteiger partial charge in [0.2, 0.25) is 0 Å². The van der Waals surface area contributed by atoms with Gasteiger partial charge in [0.15, 0.2) is 0 Å². The van der Waals surface area contributed by atoms with Crippen LogP contribution in [0.1, 0.15) is 5.56 Å². The van der Waals surface area contributed by atoms with Gasteiger partial charge in [-0.15, -0.1) is 0 Å². The van der Waals surface area contributed by atoms with Crippen LogP contribution < -0.4 is 5.73 Å². The highest BCUT2D eigenvalue weighted by Gasteiger charge is 2.23. The standard InChI is InChI=1S/C20H19N3O2/c21-13-17-18(22)20(16-9-5-2-6-10-16)23(14-25-12-11-24)19(17)15-7-3-1-4-8-15/h1-10,24H,11-12,14,22H2. The smallest absolute Gasteiger partial charge is 0.123 e. The first kappa shape index (κ1) is 16.8. The Kier molecular flexibility index (Phi) is 5.14. The van der Waals surface area contributed by atoms with Gasteiger partial charge in [-0.3, -0.25) is 0 Å². The van der Waals surface area contributed by atoms with Crippen molar-refractivity contribution in [1.29, 1.82) is 5.26 Å². The molecule has 0 spiro atoms. The molecule has 0 fully saturated rings. The molecule has 0 saturated carbocycles. The van der Waals surface area contributed by atoms with E-state index in [0.717, 1.165) is 22.5 Å². The van der Waals surface area contributed by atoms with E-state index < -0.39 is 0 Å². The van der Waals surface area contributed by atoms with Gasteiger partial charge in [-0.05, 0) is 5.56 Å². The van der Waals surface area contributed by atoms with Gasteiger partial charge in [-0.2, -0.15) is 5.26 Å². The molecule has 0 aliphatic heterocycles. The first-order valence-corrected chi connectivity index (χ1v) is 7.99. The normalized spacial score (nSPS) is 10.6. The molecule has 5 heteroatoms. The highest BCUT2D eigenvalue weighted by molar-refractivity contribution is 5.87. The van der Waals surface area contributed by atoms with Gasteiger partial charge in [0.05, 0.1) is 30.3 Å². The molecule has 3 rings (SSSR count). The van der Waals surface area contributed by atoms with E-state index in [1.165, 1.54) is 0 Å². The summed E-state index contributed by atoms with van der Waals surface area (Å²) in [5.41, 5.74) is 10.5. The van der Waals surface area contributed by atoms with Crippen molar-refractivity contribution in [3.05, 3.63) is 66.2 Å². The maximum atomic E-state index is 9.69. The molecule has 0 amide bonds. The Morgan fingerprint density at radius 1 is 0.960 bits per heavy atom. The van der Waals surface area contributed by atoms with Gasteiger partial charge >= 0.3 is 0 Å². The van der Waals surface area contributed by atoms with Gasteiger partial charge in [0.25, 0.3) is 0 Å². The van der Waals surface area contributed by atoms with E-state index >= 15 is 0 Å². The Morgan fingerprint density at radius 3 is 2.04 bits per heavy atom. The maximum absolute atomic E-state index is 9.69. The number of hydrogen-bond acceptors (Lipinski definition) is 4. The summed E-state index contributed by atoms with van der Waals surface area (Å²) in [7, 11) is 0. The molecule has 0 aliphatic carbocycles. The molecule has 3 N–H and O–H groups in total. The second-order valence-electron chi connectivity index (χ2n) is 5.52. The van der Waals surface area contributed by atoms with Crippen LogP contribution in [0.2, 0.25) is 0 Å². The summed E-state index contributed by atoms with van der Waals surface area (Å²) < 4.78 is 7.45. The van der Waals surface area contributed by atoms with Gasteiger partial charge in [0, 0.05) is 5.56 Å². The van der Waals surface area contributed by atoms with Gasteiger partial charge in [-0.1, -0.05) is 60.7 Å². The molecular weight excluding hydrogens is 314 g/mol. The Bertz CT molecular complexity index is 881. The number of ether oxygens (including phenoxy) is 1. The van der Waals surface area contributed by atoms with Gasteiger partial charge in [0.1, 0.15) is 18.4 Å². The van der Waals surface area contributed by atoms with Crippen LogP contribution in [-0.2, 0) is 11.5 Å². The van der Waals surface area contributed by atoms with E-state index in [9.17, 15) is 5.26 Å². The van der Waals surface area contributed by atoms with E-state index in [2.05, 4.69) is 6.07 Å². The number of nitrogen functional groups attached to an aromatic ring is 1. The Hall–Kier alpha value is -3.07. The van der Waals surface area contributed by atoms with Crippen LogP contribution >= 0.6 is 0 Å². The number of aliphatic hydroxyl groups excluding tert-OH is 1. The fourth-order valence-electron chi connectivity index (χ4n) is 2.90. The topological polar surface area (TPSA) is 84.2 Å². The van der Waals surface area contributed by atoms with Crippen molar-refractivity contribution in [3.63, 3.8) is 0 Å². The van der Waals surface area contributed by atoms with Crippen LogP contribution in [0.25, 0.3) is 22.5 Å². The monoisotopic (exact) mass is 333 g/mol. The van der Waals surface area contributed by atoms with Crippen molar-refractivity contribution in [2.24, 2.45) is 0 Å². The van der Waals surface area contributed by atoms with Crippen molar-refractivity contribution in [2.45, 2.75) is 6.73 Å². The predicted octanol–water partition coefficient (Wildman–Crippen LogP) is 3.24. The lowest BCUT2D eigenvalue weighted by Crippen LogP contribution is -2.09. The molecule has 1 heterocycles. The van der Waals surface area contributed by atoms with Crippen molar-refractivity contribution >= 4 is 5.69 Å². The number of rotatable bonds is 6. The predicted molar refractivity (Wildman–Crippen MR) is 97.5 cm³/mol. The molecule has 0 radical (unpaired) electrons. The van der Waals surface area contributed by atoms with Crippen molar-refractivity contribution < 1.29 is 9.84 Å². The van der Waals surface area contributed by atoms with Crippen LogP contribution in [-0.4, -0.2) is 22.9 Å². The fraction of sp³-hybridized carbons (Fsp3) is 0.150. The lowest BCUT2D eigenvalue weighted by molar-refractivity contribution is 0.0500. The summed E-state index contributed by atoms with van der Waals surface area (Å²) in [6.07, 6.45) is 0. The van der Waals surface area contributed by atoms with E-state index in [-0.39, 0.29) is 19.9 Å². The van der Waals surface area contributed by atoms with E-state index in [0.29, 0.717) is 11.3 Å². The average Bonchev–Trinajstić information content (AvgIpc) is 2.95. The number of anilines is 1. The third-order valence-corrected chi connectivity index (χ3v) is 3.96. The molecule has 3 aromatic rings. The third kappa shape index (κ3) is 3.26. The van der Waals surface area contributed by atoms with Crippen molar-refractivity contribution in [3.8, 4) is 28.6 Å². The number of aliphatic hydroxyl groups is 1. The molecule has 1 aromatic heterocycles. The highest BCUT2D eigenvalue weighted by Crippen LogP contribution is 2.39. The Labute approximate surface area is 146 Å². The molecule has 0 aliphatic rings. The molecule has 0 unspecified atom stereocenters. The average molecular weight is 333 g/mol. The number of nitrogens with two attached hydrogens (primary N) is 1. The molecule has 126 valence electrons. The molecule has 25 heavy (non-hydrogen) atoms. The number of hydrogen-bond donors (Lipinski definition) is 2. The van der Waals surface area contributed by atoms with Crippen molar-refractivity contribution in [2.75, 3.05) is 18.9 Å². The Morgan fingerprint density at radius 2 is 1.52 bits per heavy atom. The molecule has 0 atom stereocenters. The minimum Gasteiger partial charge on any atom is -0.396 e. The minimum atomic E-state index is -0.0663. The highest BCUT2D eigenvalue weighted by atomic mass is 16.5. The summed E-state index contributed by atoms with van der Waals surface area (Å²) in [5.74, 6) is 0. The van der Waals surface area contributed by atoms with E-state index in [1.54, 1.807) is 0 Å². The van der Waals surface area contributed by atoms with E-state index in [1.807, 2.05) is 65.2 Å². The SMILES string of the molecule is N#Cc1c(N)c(-c2ccccc2)n(COCCO)c1-c1ccccc1. The lowest BCUT2D eigenvalue weighted by atomic mass is 10.1. The quantitative estimate of drug-likeness (QED) is 0.678. The minimum absolute atomic E-state index is 0.0663. The molecule has 0 bridgehead atoms. The molecular formula is C20H19N3O2.